The molecule has 0 aliphatic rings. The van der Waals surface area contributed by atoms with Gasteiger partial charge in [-0.25, -0.2) is 9.48 Å². The molecular formula is C12H13N5O3. The Bertz CT molecular complexity index is 580. The number of esters is 1. The third kappa shape index (κ3) is 3.61. The topological polar surface area (TPSA) is 99.0 Å². The number of nitrogens with zero attached hydrogens (tertiary/aromatic N) is 4. The largest absolute Gasteiger partial charge is 0.465 e. The number of rotatable bonds is 5. The predicted molar refractivity (Wildman–Crippen MR) is 68.8 cm³/mol. The second-order valence-corrected chi connectivity index (χ2v) is 3.94. The van der Waals surface area contributed by atoms with E-state index in [-0.39, 0.29) is 12.3 Å². The molecule has 0 saturated carbocycles. The fourth-order valence-corrected chi connectivity index (χ4v) is 1.53. The smallest absolute Gasteiger partial charge is 0.337 e. The van der Waals surface area contributed by atoms with Crippen LogP contribution in [-0.4, -0.2) is 39.2 Å². The Balaban J connectivity index is 1.86. The average molecular weight is 275 g/mol. The van der Waals surface area contributed by atoms with Crippen molar-refractivity contribution in [3.05, 3.63) is 36.2 Å². The lowest BCUT2D eigenvalue weighted by atomic mass is 10.2. The van der Waals surface area contributed by atoms with E-state index in [0.29, 0.717) is 17.8 Å². The fraction of sp³-hybridized carbons (Fsp3) is 0.250. The zero-order chi connectivity index (χ0) is 14.4. The molecule has 0 aliphatic heterocycles. The van der Waals surface area contributed by atoms with Crippen molar-refractivity contribution in [3.63, 3.8) is 0 Å². The molecule has 104 valence electrons. The summed E-state index contributed by atoms with van der Waals surface area (Å²) in [6, 6.07) is 6.45. The Labute approximate surface area is 114 Å². The Kier molecular flexibility index (Phi) is 4.38. The van der Waals surface area contributed by atoms with E-state index in [1.807, 2.05) is 0 Å². The summed E-state index contributed by atoms with van der Waals surface area (Å²) in [5.41, 5.74) is 1.04. The van der Waals surface area contributed by atoms with Crippen LogP contribution in [0.5, 0.6) is 0 Å². The van der Waals surface area contributed by atoms with Crippen LogP contribution in [0, 0.1) is 0 Å². The van der Waals surface area contributed by atoms with Crippen molar-refractivity contribution in [1.82, 2.24) is 20.2 Å². The number of benzene rings is 1. The van der Waals surface area contributed by atoms with Gasteiger partial charge in [0, 0.05) is 12.1 Å². The van der Waals surface area contributed by atoms with Gasteiger partial charge in [0.25, 0.3) is 0 Å². The van der Waals surface area contributed by atoms with Crippen LogP contribution in [-0.2, 0) is 16.1 Å². The van der Waals surface area contributed by atoms with Gasteiger partial charge >= 0.3 is 5.97 Å². The monoisotopic (exact) mass is 275 g/mol. The molecule has 0 fully saturated rings. The van der Waals surface area contributed by atoms with E-state index in [2.05, 4.69) is 25.6 Å². The highest BCUT2D eigenvalue weighted by Crippen LogP contribution is 2.10. The normalized spacial score (nSPS) is 10.1. The van der Waals surface area contributed by atoms with Gasteiger partial charge in [-0.15, -0.1) is 5.10 Å². The van der Waals surface area contributed by atoms with Crippen LogP contribution in [0.2, 0.25) is 0 Å². The first-order chi connectivity index (χ1) is 9.69. The summed E-state index contributed by atoms with van der Waals surface area (Å²) < 4.78 is 6.06. The van der Waals surface area contributed by atoms with Crippen molar-refractivity contribution >= 4 is 17.6 Å². The molecule has 1 heterocycles. The molecule has 1 amide bonds. The number of carbonyl (C=O) groups is 2. The van der Waals surface area contributed by atoms with E-state index in [9.17, 15) is 9.59 Å². The van der Waals surface area contributed by atoms with Gasteiger partial charge in [-0.05, 0) is 34.7 Å². The number of anilines is 1. The minimum atomic E-state index is -0.415. The summed E-state index contributed by atoms with van der Waals surface area (Å²) in [5.74, 6) is -0.576. The predicted octanol–water partition coefficient (Wildman–Crippen LogP) is 0.488. The maximum absolute atomic E-state index is 11.7. The molecule has 8 heteroatoms. The van der Waals surface area contributed by atoms with Crippen LogP contribution < -0.4 is 5.32 Å². The molecule has 0 unspecified atom stereocenters. The number of aryl methyl sites for hydroxylation is 1. The number of methoxy groups -OCH3 is 1. The number of tetrazole rings is 1. The molecule has 1 N–H and O–H groups in total. The van der Waals surface area contributed by atoms with Gasteiger partial charge in [0.15, 0.2) is 0 Å². The molecule has 2 rings (SSSR count). The van der Waals surface area contributed by atoms with Gasteiger partial charge in [0.05, 0.1) is 19.2 Å². The molecule has 1 aromatic heterocycles. The highest BCUT2D eigenvalue weighted by molar-refractivity contribution is 5.92. The first kappa shape index (κ1) is 13.7. The van der Waals surface area contributed by atoms with Crippen LogP contribution >= 0.6 is 0 Å². The number of nitrogens with one attached hydrogen (secondary N) is 1. The Morgan fingerprint density at radius 3 is 2.65 bits per heavy atom. The molecule has 1 aromatic carbocycles. The van der Waals surface area contributed by atoms with Crippen molar-refractivity contribution in [2.45, 2.75) is 13.0 Å². The molecular weight excluding hydrogens is 262 g/mol. The Morgan fingerprint density at radius 1 is 1.30 bits per heavy atom. The molecule has 0 atom stereocenters. The van der Waals surface area contributed by atoms with Crippen LogP contribution in [0.3, 0.4) is 0 Å². The quantitative estimate of drug-likeness (QED) is 0.797. The molecule has 20 heavy (non-hydrogen) atoms. The van der Waals surface area contributed by atoms with Crippen LogP contribution in [0.4, 0.5) is 5.69 Å². The molecule has 2 aromatic rings. The maximum atomic E-state index is 11.7. The standard InChI is InChI=1S/C12H13N5O3/c1-20-12(19)9-2-4-10(5-3-9)14-11(18)6-7-17-8-13-15-16-17/h2-5,8H,6-7H2,1H3,(H,14,18). The van der Waals surface area contributed by atoms with Gasteiger partial charge < -0.3 is 10.1 Å². The summed E-state index contributed by atoms with van der Waals surface area (Å²) in [6.45, 7) is 0.402. The molecule has 0 radical (unpaired) electrons. The molecule has 0 saturated heterocycles. The SMILES string of the molecule is COC(=O)c1ccc(NC(=O)CCn2cnnn2)cc1. The van der Waals surface area contributed by atoms with Crippen LogP contribution in [0.1, 0.15) is 16.8 Å². The van der Waals surface area contributed by atoms with E-state index >= 15 is 0 Å². The van der Waals surface area contributed by atoms with E-state index in [1.54, 1.807) is 24.3 Å². The summed E-state index contributed by atoms with van der Waals surface area (Å²) in [4.78, 5) is 22.9. The third-order valence-electron chi connectivity index (χ3n) is 2.55. The summed E-state index contributed by atoms with van der Waals surface area (Å²) in [6.07, 6.45) is 1.70. The minimum Gasteiger partial charge on any atom is -0.465 e. The second-order valence-electron chi connectivity index (χ2n) is 3.94. The third-order valence-corrected chi connectivity index (χ3v) is 2.55. The lowest BCUT2D eigenvalue weighted by Crippen LogP contribution is -2.15. The highest BCUT2D eigenvalue weighted by atomic mass is 16.5. The van der Waals surface area contributed by atoms with Gasteiger partial charge in [-0.1, -0.05) is 0 Å². The number of aromatic nitrogens is 4. The summed E-state index contributed by atoms with van der Waals surface area (Å²) >= 11 is 0. The second kappa shape index (κ2) is 6.41. The number of hydrogen-bond acceptors (Lipinski definition) is 6. The fourth-order valence-electron chi connectivity index (χ4n) is 1.53. The summed E-state index contributed by atoms with van der Waals surface area (Å²) in [7, 11) is 1.32. The number of carbonyl (C=O) groups excluding carboxylic acids is 2. The molecule has 8 nitrogen and oxygen atoms in total. The van der Waals surface area contributed by atoms with Crippen molar-refractivity contribution in [2.75, 3.05) is 12.4 Å². The number of ether oxygens (including phenoxy) is 1. The highest BCUT2D eigenvalue weighted by Gasteiger charge is 2.06. The zero-order valence-electron chi connectivity index (χ0n) is 10.8. The van der Waals surface area contributed by atoms with Gasteiger partial charge in [-0.2, -0.15) is 0 Å². The minimum absolute atomic E-state index is 0.161. The van der Waals surface area contributed by atoms with E-state index < -0.39 is 5.97 Å². The first-order valence-corrected chi connectivity index (χ1v) is 5.88. The van der Waals surface area contributed by atoms with Gasteiger partial charge in [-0.3, -0.25) is 4.79 Å². The molecule has 0 spiro atoms. The van der Waals surface area contributed by atoms with E-state index in [1.165, 1.54) is 18.1 Å². The Morgan fingerprint density at radius 2 is 2.05 bits per heavy atom. The van der Waals surface area contributed by atoms with Crippen LogP contribution in [0.25, 0.3) is 0 Å². The van der Waals surface area contributed by atoms with E-state index in [4.69, 9.17) is 0 Å². The van der Waals surface area contributed by atoms with Crippen LogP contribution in [0.15, 0.2) is 30.6 Å². The van der Waals surface area contributed by atoms with Gasteiger partial charge in [0.2, 0.25) is 5.91 Å². The number of amides is 1. The first-order valence-electron chi connectivity index (χ1n) is 5.88. The van der Waals surface area contributed by atoms with Crippen molar-refractivity contribution in [2.24, 2.45) is 0 Å². The van der Waals surface area contributed by atoms with E-state index in [0.717, 1.165) is 0 Å². The van der Waals surface area contributed by atoms with Crippen molar-refractivity contribution in [3.8, 4) is 0 Å². The lowest BCUT2D eigenvalue weighted by molar-refractivity contribution is -0.116. The zero-order valence-corrected chi connectivity index (χ0v) is 10.8. The van der Waals surface area contributed by atoms with Crippen molar-refractivity contribution in [1.29, 1.82) is 0 Å². The number of hydrogen-bond donors (Lipinski definition) is 1. The maximum Gasteiger partial charge on any atom is 0.337 e. The molecule has 0 bridgehead atoms. The Hall–Kier alpha value is -2.77. The lowest BCUT2D eigenvalue weighted by Gasteiger charge is -2.05. The van der Waals surface area contributed by atoms with Gasteiger partial charge in [0.1, 0.15) is 6.33 Å². The summed E-state index contributed by atoms with van der Waals surface area (Å²) in [5, 5.41) is 13.3. The van der Waals surface area contributed by atoms with Crippen molar-refractivity contribution < 1.29 is 14.3 Å². The molecule has 0 aliphatic carbocycles. The average Bonchev–Trinajstić information content (AvgIpc) is 2.98.